The molecule has 0 amide bonds. The fourth-order valence-electron chi connectivity index (χ4n) is 2.56. The van der Waals surface area contributed by atoms with Crippen LogP contribution in [0.15, 0.2) is 24.3 Å². The highest BCUT2D eigenvalue weighted by atomic mass is 16.5. The molecule has 142 valence electrons. The van der Waals surface area contributed by atoms with E-state index in [1.165, 1.54) is 70.6 Å². The standard InChI is InChI=1S/C22H43NO/c1-3-5-6-7-8-9-10-11-12-13-14-15-16-17-18-21-24-22-20-23-19-4-2/h8-9,11-12,23H,3-7,10,13-22H2,1-2H3/b9-8-,12-11-. The monoisotopic (exact) mass is 337 g/mol. The first-order valence-electron chi connectivity index (χ1n) is 10.5. The topological polar surface area (TPSA) is 21.3 Å². The largest absolute Gasteiger partial charge is 0.380 e. The van der Waals surface area contributed by atoms with Crippen molar-refractivity contribution in [1.82, 2.24) is 5.32 Å². The summed E-state index contributed by atoms with van der Waals surface area (Å²) in [5, 5.41) is 3.35. The van der Waals surface area contributed by atoms with Crippen LogP contribution in [-0.2, 0) is 4.74 Å². The van der Waals surface area contributed by atoms with Crippen LogP contribution in [0.5, 0.6) is 0 Å². The van der Waals surface area contributed by atoms with Crippen LogP contribution in [0.25, 0.3) is 0 Å². The van der Waals surface area contributed by atoms with Crippen molar-refractivity contribution in [2.24, 2.45) is 0 Å². The molecule has 0 aliphatic carbocycles. The predicted octanol–water partition coefficient (Wildman–Crippen LogP) is 6.43. The number of allylic oxidation sites excluding steroid dienone is 4. The average molecular weight is 338 g/mol. The van der Waals surface area contributed by atoms with Gasteiger partial charge in [-0.2, -0.15) is 0 Å². The van der Waals surface area contributed by atoms with Gasteiger partial charge in [0, 0.05) is 13.2 Å². The molecular formula is C22H43NO. The molecule has 0 saturated carbocycles. The Morgan fingerprint density at radius 2 is 1.29 bits per heavy atom. The highest BCUT2D eigenvalue weighted by Crippen LogP contribution is 2.06. The van der Waals surface area contributed by atoms with Gasteiger partial charge in [0.15, 0.2) is 0 Å². The van der Waals surface area contributed by atoms with E-state index >= 15 is 0 Å². The van der Waals surface area contributed by atoms with E-state index in [-0.39, 0.29) is 0 Å². The molecule has 0 aliphatic heterocycles. The van der Waals surface area contributed by atoms with Gasteiger partial charge in [-0.05, 0) is 51.5 Å². The number of ether oxygens (including phenoxy) is 1. The van der Waals surface area contributed by atoms with Crippen molar-refractivity contribution in [2.75, 3.05) is 26.3 Å². The number of unbranched alkanes of at least 4 members (excludes halogenated alkanes) is 8. The molecule has 0 spiro atoms. The second kappa shape index (κ2) is 22.4. The minimum Gasteiger partial charge on any atom is -0.380 e. The van der Waals surface area contributed by atoms with Crippen LogP contribution in [-0.4, -0.2) is 26.3 Å². The van der Waals surface area contributed by atoms with Gasteiger partial charge < -0.3 is 10.1 Å². The molecule has 2 heteroatoms. The Bertz CT molecular complexity index is 273. The third-order valence-electron chi connectivity index (χ3n) is 4.09. The highest BCUT2D eigenvalue weighted by molar-refractivity contribution is 4.92. The molecule has 0 atom stereocenters. The van der Waals surface area contributed by atoms with E-state index in [2.05, 4.69) is 43.5 Å². The summed E-state index contributed by atoms with van der Waals surface area (Å²) in [6, 6.07) is 0. The van der Waals surface area contributed by atoms with Gasteiger partial charge in [0.05, 0.1) is 6.61 Å². The number of rotatable bonds is 19. The zero-order chi connectivity index (χ0) is 17.6. The Kier molecular flexibility index (Phi) is 21.8. The molecule has 24 heavy (non-hydrogen) atoms. The van der Waals surface area contributed by atoms with E-state index in [1.54, 1.807) is 0 Å². The SMILES string of the molecule is CCCCC/C=C\C/C=C\CCCCCCCOCCNCCC. The lowest BCUT2D eigenvalue weighted by molar-refractivity contribution is 0.131. The summed E-state index contributed by atoms with van der Waals surface area (Å²) in [5.41, 5.74) is 0. The number of hydrogen-bond donors (Lipinski definition) is 1. The van der Waals surface area contributed by atoms with Gasteiger partial charge in [0.25, 0.3) is 0 Å². The zero-order valence-corrected chi connectivity index (χ0v) is 16.5. The molecule has 0 unspecified atom stereocenters. The maximum absolute atomic E-state index is 5.61. The Labute approximate surface area is 152 Å². The minimum atomic E-state index is 0.859. The Hall–Kier alpha value is -0.600. The van der Waals surface area contributed by atoms with Crippen LogP contribution in [0.3, 0.4) is 0 Å². The maximum atomic E-state index is 5.61. The van der Waals surface area contributed by atoms with Crippen molar-refractivity contribution in [3.8, 4) is 0 Å². The summed E-state index contributed by atoms with van der Waals surface area (Å²) in [6.07, 6.45) is 24.7. The second-order valence-corrected chi connectivity index (χ2v) is 6.59. The first-order valence-corrected chi connectivity index (χ1v) is 10.5. The van der Waals surface area contributed by atoms with Gasteiger partial charge in [0.1, 0.15) is 0 Å². The van der Waals surface area contributed by atoms with Crippen LogP contribution in [0.1, 0.15) is 90.9 Å². The van der Waals surface area contributed by atoms with E-state index in [0.29, 0.717) is 0 Å². The molecule has 0 heterocycles. The Morgan fingerprint density at radius 1 is 0.625 bits per heavy atom. The lowest BCUT2D eigenvalue weighted by Crippen LogP contribution is -2.20. The van der Waals surface area contributed by atoms with Crippen molar-refractivity contribution >= 4 is 0 Å². The molecule has 0 aromatic carbocycles. The third kappa shape index (κ3) is 21.4. The van der Waals surface area contributed by atoms with Gasteiger partial charge in [-0.1, -0.05) is 70.3 Å². The van der Waals surface area contributed by atoms with Gasteiger partial charge in [-0.15, -0.1) is 0 Å². The fourth-order valence-corrected chi connectivity index (χ4v) is 2.56. The van der Waals surface area contributed by atoms with E-state index in [1.807, 2.05) is 0 Å². The molecule has 0 radical (unpaired) electrons. The van der Waals surface area contributed by atoms with Crippen LogP contribution in [0, 0.1) is 0 Å². The van der Waals surface area contributed by atoms with Gasteiger partial charge in [-0.25, -0.2) is 0 Å². The molecule has 0 rings (SSSR count). The third-order valence-corrected chi connectivity index (χ3v) is 4.09. The molecule has 0 aromatic heterocycles. The summed E-state index contributed by atoms with van der Waals surface area (Å²) in [7, 11) is 0. The van der Waals surface area contributed by atoms with E-state index in [9.17, 15) is 0 Å². The minimum absolute atomic E-state index is 0.859. The molecule has 2 nitrogen and oxygen atoms in total. The van der Waals surface area contributed by atoms with E-state index < -0.39 is 0 Å². The quantitative estimate of drug-likeness (QED) is 0.217. The fraction of sp³-hybridized carbons (Fsp3) is 0.818. The van der Waals surface area contributed by atoms with Crippen LogP contribution in [0.4, 0.5) is 0 Å². The summed E-state index contributed by atoms with van der Waals surface area (Å²) >= 11 is 0. The van der Waals surface area contributed by atoms with Crippen LogP contribution < -0.4 is 5.32 Å². The smallest absolute Gasteiger partial charge is 0.0590 e. The van der Waals surface area contributed by atoms with Crippen molar-refractivity contribution in [2.45, 2.75) is 90.9 Å². The second-order valence-electron chi connectivity index (χ2n) is 6.59. The molecule has 0 aromatic rings. The first-order chi connectivity index (χ1) is 11.9. The summed E-state index contributed by atoms with van der Waals surface area (Å²) < 4.78 is 5.61. The maximum Gasteiger partial charge on any atom is 0.0590 e. The van der Waals surface area contributed by atoms with Crippen LogP contribution in [0.2, 0.25) is 0 Å². The normalized spacial score (nSPS) is 11.9. The van der Waals surface area contributed by atoms with Crippen molar-refractivity contribution in [3.63, 3.8) is 0 Å². The number of nitrogens with one attached hydrogen (secondary N) is 1. The highest BCUT2D eigenvalue weighted by Gasteiger charge is 1.92. The van der Waals surface area contributed by atoms with Gasteiger partial charge in [0.2, 0.25) is 0 Å². The molecule has 0 aliphatic rings. The zero-order valence-electron chi connectivity index (χ0n) is 16.5. The molecular weight excluding hydrogens is 294 g/mol. The Balaban J connectivity index is 3.10. The van der Waals surface area contributed by atoms with Crippen molar-refractivity contribution in [3.05, 3.63) is 24.3 Å². The Morgan fingerprint density at radius 3 is 2.00 bits per heavy atom. The van der Waals surface area contributed by atoms with Crippen molar-refractivity contribution < 1.29 is 4.74 Å². The lowest BCUT2D eigenvalue weighted by Gasteiger charge is -2.05. The molecule has 0 bridgehead atoms. The van der Waals surface area contributed by atoms with Crippen molar-refractivity contribution in [1.29, 1.82) is 0 Å². The molecule has 1 N–H and O–H groups in total. The van der Waals surface area contributed by atoms with Gasteiger partial charge in [-0.3, -0.25) is 0 Å². The van der Waals surface area contributed by atoms with Crippen LogP contribution >= 0.6 is 0 Å². The van der Waals surface area contributed by atoms with E-state index in [4.69, 9.17) is 4.74 Å². The predicted molar refractivity (Wildman–Crippen MR) is 109 cm³/mol. The summed E-state index contributed by atoms with van der Waals surface area (Å²) in [4.78, 5) is 0. The summed E-state index contributed by atoms with van der Waals surface area (Å²) in [5.74, 6) is 0. The van der Waals surface area contributed by atoms with Gasteiger partial charge >= 0.3 is 0 Å². The lowest BCUT2D eigenvalue weighted by atomic mass is 10.1. The van der Waals surface area contributed by atoms with E-state index in [0.717, 1.165) is 32.7 Å². The average Bonchev–Trinajstić information content (AvgIpc) is 2.60. The molecule has 0 saturated heterocycles. The summed E-state index contributed by atoms with van der Waals surface area (Å²) in [6.45, 7) is 8.33. The number of hydrogen-bond acceptors (Lipinski definition) is 2. The first kappa shape index (κ1) is 23.4. The molecule has 0 fully saturated rings.